The summed E-state index contributed by atoms with van der Waals surface area (Å²) in [6, 6.07) is 14.6. The van der Waals surface area contributed by atoms with E-state index in [1.807, 2.05) is 12.1 Å². The molecule has 0 radical (unpaired) electrons. The third kappa shape index (κ3) is 6.34. The summed E-state index contributed by atoms with van der Waals surface area (Å²) in [7, 11) is 1.69. The minimum Gasteiger partial charge on any atom is -0.487 e. The number of benzene rings is 3. The molecule has 3 aromatic carbocycles. The number of fused-ring (bicyclic) bond motifs is 1. The van der Waals surface area contributed by atoms with Crippen LogP contribution < -0.4 is 4.74 Å². The molecule has 0 bridgehead atoms. The number of carbonyl (C=O) groups excluding carboxylic acids is 3. The van der Waals surface area contributed by atoms with Crippen molar-refractivity contribution in [2.24, 2.45) is 0 Å². The first-order valence-electron chi connectivity index (χ1n) is 13.8. The fraction of sp³-hybridized carbons (Fsp3) is 0.312. The molecule has 4 aromatic rings. The molecule has 1 saturated heterocycles. The van der Waals surface area contributed by atoms with E-state index < -0.39 is 17.5 Å². The minimum atomic E-state index is -0.712. The smallest absolute Gasteiger partial charge is 0.435 e. The van der Waals surface area contributed by atoms with Gasteiger partial charge in [0.15, 0.2) is 0 Å². The monoisotopic (exact) mass is 606 g/mol. The average Bonchev–Trinajstić information content (AvgIpc) is 3.33. The van der Waals surface area contributed by atoms with Crippen molar-refractivity contribution < 1.29 is 28.2 Å². The van der Waals surface area contributed by atoms with Crippen LogP contribution in [-0.4, -0.2) is 69.8 Å². The molecule has 1 aromatic heterocycles. The van der Waals surface area contributed by atoms with Gasteiger partial charge in [-0.3, -0.25) is 9.59 Å². The Kier molecular flexibility index (Phi) is 8.16. The van der Waals surface area contributed by atoms with Crippen molar-refractivity contribution in [2.45, 2.75) is 39.9 Å². The molecule has 1 fully saturated rings. The number of rotatable bonds is 5. The summed E-state index contributed by atoms with van der Waals surface area (Å²) in [5.74, 6) is -0.793. The van der Waals surface area contributed by atoms with Crippen molar-refractivity contribution in [1.29, 1.82) is 0 Å². The van der Waals surface area contributed by atoms with Crippen LogP contribution in [0.3, 0.4) is 0 Å². The van der Waals surface area contributed by atoms with Gasteiger partial charge in [-0.05, 0) is 69.7 Å². The van der Waals surface area contributed by atoms with Crippen molar-refractivity contribution in [2.75, 3.05) is 26.7 Å². The van der Waals surface area contributed by atoms with E-state index in [0.29, 0.717) is 51.6 Å². The quantitative estimate of drug-likeness (QED) is 0.273. The third-order valence-electron chi connectivity index (χ3n) is 7.10. The highest BCUT2D eigenvalue weighted by molar-refractivity contribution is 6.31. The number of hydrogen-bond acceptors (Lipinski definition) is 6. The Bertz CT molecular complexity index is 1750. The second-order valence-electron chi connectivity index (χ2n) is 11.5. The normalized spacial score (nSPS) is 13.9. The molecule has 43 heavy (non-hydrogen) atoms. The molecule has 11 heteroatoms. The fourth-order valence-electron chi connectivity index (χ4n) is 4.79. The van der Waals surface area contributed by atoms with E-state index in [2.05, 4.69) is 5.10 Å². The minimum absolute atomic E-state index is 0.0450. The zero-order chi connectivity index (χ0) is 31.1. The van der Waals surface area contributed by atoms with E-state index in [1.54, 1.807) is 63.9 Å². The van der Waals surface area contributed by atoms with Gasteiger partial charge in [-0.15, -0.1) is 0 Å². The van der Waals surface area contributed by atoms with E-state index >= 15 is 4.39 Å². The summed E-state index contributed by atoms with van der Waals surface area (Å²) < 4.78 is 28.3. The Labute approximate surface area is 253 Å². The predicted octanol–water partition coefficient (Wildman–Crippen LogP) is 6.08. The molecule has 1 aliphatic heterocycles. The number of nitrogens with zero attached hydrogens (tertiary/aromatic N) is 4. The van der Waals surface area contributed by atoms with Crippen LogP contribution in [0.15, 0.2) is 54.6 Å². The first-order valence-corrected chi connectivity index (χ1v) is 14.2. The Morgan fingerprint density at radius 1 is 1.05 bits per heavy atom. The molecule has 0 saturated carbocycles. The van der Waals surface area contributed by atoms with Gasteiger partial charge in [-0.1, -0.05) is 29.8 Å². The number of amides is 2. The highest BCUT2D eigenvalue weighted by Crippen LogP contribution is 2.37. The van der Waals surface area contributed by atoms with Gasteiger partial charge in [-0.25, -0.2) is 9.18 Å². The van der Waals surface area contributed by atoms with Crippen LogP contribution in [0.5, 0.6) is 5.75 Å². The van der Waals surface area contributed by atoms with Crippen LogP contribution in [0.4, 0.5) is 9.18 Å². The first kappa shape index (κ1) is 30.0. The SMILES string of the molecule is Cc1cc(OCc2nn(C(=O)OC(C)(C)C)c3ccccc23)c(-c2cc(C(=O)N3CCN(C)C(=O)C3)ccc2F)cc1Cl. The molecular weight excluding hydrogens is 575 g/mol. The molecular formula is C32H32ClFN4O5. The molecule has 0 N–H and O–H groups in total. The van der Waals surface area contributed by atoms with Gasteiger partial charge < -0.3 is 19.3 Å². The predicted molar refractivity (Wildman–Crippen MR) is 161 cm³/mol. The Morgan fingerprint density at radius 3 is 2.51 bits per heavy atom. The van der Waals surface area contributed by atoms with Crippen molar-refractivity contribution in [1.82, 2.24) is 19.6 Å². The molecule has 1 aliphatic rings. The zero-order valence-electron chi connectivity index (χ0n) is 24.6. The number of aromatic nitrogens is 2. The lowest BCUT2D eigenvalue weighted by Crippen LogP contribution is -2.50. The first-order chi connectivity index (χ1) is 20.3. The van der Waals surface area contributed by atoms with Gasteiger partial charge in [-0.2, -0.15) is 9.78 Å². The largest absolute Gasteiger partial charge is 0.487 e. The van der Waals surface area contributed by atoms with Gasteiger partial charge >= 0.3 is 6.09 Å². The highest BCUT2D eigenvalue weighted by atomic mass is 35.5. The van der Waals surface area contributed by atoms with Crippen LogP contribution in [0.25, 0.3) is 22.0 Å². The molecule has 2 heterocycles. The second kappa shape index (κ2) is 11.7. The summed E-state index contributed by atoms with van der Waals surface area (Å²) in [4.78, 5) is 41.3. The van der Waals surface area contributed by atoms with Crippen LogP contribution in [-0.2, 0) is 16.1 Å². The third-order valence-corrected chi connectivity index (χ3v) is 7.51. The number of piperazine rings is 1. The number of ether oxygens (including phenoxy) is 2. The fourth-order valence-corrected chi connectivity index (χ4v) is 4.96. The molecule has 224 valence electrons. The number of carbonyl (C=O) groups is 3. The van der Waals surface area contributed by atoms with Crippen molar-refractivity contribution in [3.05, 3.63) is 82.3 Å². The van der Waals surface area contributed by atoms with Crippen molar-refractivity contribution in [3.8, 4) is 16.9 Å². The van der Waals surface area contributed by atoms with Crippen molar-refractivity contribution in [3.63, 3.8) is 0 Å². The molecule has 2 amide bonds. The van der Waals surface area contributed by atoms with Gasteiger partial charge in [0.2, 0.25) is 5.91 Å². The molecule has 9 nitrogen and oxygen atoms in total. The molecule has 0 atom stereocenters. The average molecular weight is 607 g/mol. The highest BCUT2D eigenvalue weighted by Gasteiger charge is 2.27. The lowest BCUT2D eigenvalue weighted by Gasteiger charge is -2.32. The van der Waals surface area contributed by atoms with E-state index in [1.165, 1.54) is 27.8 Å². The molecule has 0 spiro atoms. The summed E-state index contributed by atoms with van der Waals surface area (Å²) in [6.45, 7) is 7.83. The van der Waals surface area contributed by atoms with Crippen LogP contribution in [0.1, 0.15) is 42.4 Å². The standard InChI is InChI=1S/C32H32ClFN4O5/c1-19-14-28(42-18-26-21-8-6-7-9-27(21)38(35-26)31(41)43-32(2,3)4)23(16-24(19)33)22-15-20(10-11-25(22)34)30(40)37-13-12-36(5)29(39)17-37/h6-11,14-16H,12-13,17-18H2,1-5H3. The van der Waals surface area contributed by atoms with Crippen LogP contribution in [0, 0.1) is 12.7 Å². The molecule has 5 rings (SSSR count). The maximum absolute atomic E-state index is 15.3. The number of para-hydroxylation sites is 1. The lowest BCUT2D eigenvalue weighted by molar-refractivity contribution is -0.133. The summed E-state index contributed by atoms with van der Waals surface area (Å²) in [5, 5.41) is 5.57. The van der Waals surface area contributed by atoms with E-state index in [9.17, 15) is 14.4 Å². The zero-order valence-corrected chi connectivity index (χ0v) is 25.4. The van der Waals surface area contributed by atoms with E-state index in [4.69, 9.17) is 21.1 Å². The number of halogens is 2. The van der Waals surface area contributed by atoms with Gasteiger partial charge in [0.1, 0.15) is 36.0 Å². The summed E-state index contributed by atoms with van der Waals surface area (Å²) in [5.41, 5.74) is 1.72. The number of likely N-dealkylation sites (N-methyl/N-ethyl adjacent to an activating group) is 1. The van der Waals surface area contributed by atoms with Gasteiger partial charge in [0.05, 0.1) is 5.52 Å². The number of hydrogen-bond donors (Lipinski definition) is 0. The second-order valence-corrected chi connectivity index (χ2v) is 11.9. The van der Waals surface area contributed by atoms with Crippen LogP contribution in [0.2, 0.25) is 5.02 Å². The Balaban J connectivity index is 1.48. The van der Waals surface area contributed by atoms with Gasteiger partial charge in [0, 0.05) is 47.2 Å². The maximum atomic E-state index is 15.3. The Hall–Kier alpha value is -4.44. The molecule has 0 aliphatic carbocycles. The summed E-state index contributed by atoms with van der Waals surface area (Å²) >= 11 is 6.47. The number of aryl methyl sites for hydroxylation is 1. The van der Waals surface area contributed by atoms with Crippen LogP contribution >= 0.6 is 11.6 Å². The van der Waals surface area contributed by atoms with E-state index in [0.717, 1.165) is 0 Å². The summed E-state index contributed by atoms with van der Waals surface area (Å²) in [6.07, 6.45) is -0.622. The Morgan fingerprint density at radius 2 is 1.79 bits per heavy atom. The lowest BCUT2D eigenvalue weighted by atomic mass is 9.99. The van der Waals surface area contributed by atoms with Gasteiger partial charge in [0.25, 0.3) is 5.91 Å². The van der Waals surface area contributed by atoms with E-state index in [-0.39, 0.29) is 36.1 Å². The molecule has 0 unspecified atom stereocenters. The maximum Gasteiger partial charge on any atom is 0.435 e. The topological polar surface area (TPSA) is 94.0 Å². The van der Waals surface area contributed by atoms with Crippen molar-refractivity contribution >= 4 is 40.4 Å².